The van der Waals surface area contributed by atoms with Crippen LogP contribution in [0.1, 0.15) is 61.9 Å². The highest BCUT2D eigenvalue weighted by atomic mass is 19.1. The molecule has 4 N–H and O–H groups in total. The molecule has 1 atom stereocenters. The molecule has 12 heteroatoms. The van der Waals surface area contributed by atoms with E-state index in [0.29, 0.717) is 24.0 Å². The fourth-order valence-corrected chi connectivity index (χ4v) is 4.23. The highest BCUT2D eigenvalue weighted by Gasteiger charge is 2.25. The number of nitrogens with one attached hydrogen (secondary N) is 2. The topological polar surface area (TPSA) is 158 Å². The van der Waals surface area contributed by atoms with Gasteiger partial charge in [-0.3, -0.25) is 19.4 Å². The number of aromatic nitrogens is 3. The Balaban J connectivity index is 1.51. The Hall–Kier alpha value is -4.22. The Bertz CT molecular complexity index is 1370. The number of hydrogen-bond donors (Lipinski definition) is 3. The lowest BCUT2D eigenvalue weighted by molar-refractivity contribution is -0.146. The summed E-state index contributed by atoms with van der Waals surface area (Å²) in [6.07, 6.45) is 4.71. The van der Waals surface area contributed by atoms with Crippen LogP contribution in [0.25, 0.3) is 11.0 Å². The number of fused-ring (bicyclic) bond motifs is 1. The molecule has 0 aliphatic carbocycles. The number of rotatable bonds is 14. The second kappa shape index (κ2) is 14.1. The number of halogens is 1. The summed E-state index contributed by atoms with van der Waals surface area (Å²) in [5.41, 5.74) is 6.85. The van der Waals surface area contributed by atoms with Crippen molar-refractivity contribution < 1.29 is 28.2 Å². The molecule has 0 aliphatic rings. The molecule has 0 saturated carbocycles. The zero-order valence-corrected chi connectivity index (χ0v) is 22.1. The van der Waals surface area contributed by atoms with E-state index in [1.54, 1.807) is 32.2 Å². The van der Waals surface area contributed by atoms with Crippen LogP contribution in [0.3, 0.4) is 0 Å². The average Bonchev–Trinajstić information content (AvgIpc) is 3.29. The minimum atomic E-state index is -1.11. The number of ether oxygens (including phenoxy) is 2. The van der Waals surface area contributed by atoms with Crippen LogP contribution in [0.5, 0.6) is 0 Å². The summed E-state index contributed by atoms with van der Waals surface area (Å²) in [7, 11) is 0. The minimum absolute atomic E-state index is 0.0269. The third-order valence-corrected chi connectivity index (χ3v) is 6.10. The molecule has 0 bridgehead atoms. The van der Waals surface area contributed by atoms with Gasteiger partial charge in [0.1, 0.15) is 17.4 Å². The van der Waals surface area contributed by atoms with Crippen molar-refractivity contribution in [3.63, 3.8) is 0 Å². The predicted molar refractivity (Wildman–Crippen MR) is 142 cm³/mol. The van der Waals surface area contributed by atoms with Gasteiger partial charge >= 0.3 is 11.9 Å². The number of carbonyl (C=O) groups is 3. The number of esters is 2. The maximum Gasteiger partial charge on any atom is 0.328 e. The van der Waals surface area contributed by atoms with Gasteiger partial charge in [0.05, 0.1) is 24.3 Å². The van der Waals surface area contributed by atoms with Crippen LogP contribution in [-0.2, 0) is 32.0 Å². The van der Waals surface area contributed by atoms with Crippen LogP contribution in [-0.4, -0.2) is 51.6 Å². The fraction of sp³-hybridized carbons (Fsp3) is 0.444. The van der Waals surface area contributed by atoms with Gasteiger partial charge in [0.15, 0.2) is 0 Å². The monoisotopic (exact) mass is 543 g/mol. The molecule has 210 valence electrons. The van der Waals surface area contributed by atoms with E-state index in [9.17, 15) is 23.6 Å². The van der Waals surface area contributed by atoms with Gasteiger partial charge in [0.25, 0.3) is 11.5 Å². The largest absolute Gasteiger partial charge is 0.466 e. The van der Waals surface area contributed by atoms with Gasteiger partial charge in [-0.25, -0.2) is 14.2 Å². The summed E-state index contributed by atoms with van der Waals surface area (Å²) in [5, 5.41) is 2.47. The number of carbonyl (C=O) groups excluding carboxylic acids is 3. The lowest BCUT2D eigenvalue weighted by Gasteiger charge is -2.17. The normalized spacial score (nSPS) is 11.8. The smallest absolute Gasteiger partial charge is 0.328 e. The molecule has 2 aromatic heterocycles. The first-order valence-corrected chi connectivity index (χ1v) is 13.0. The summed E-state index contributed by atoms with van der Waals surface area (Å²) in [6, 6.07) is 5.00. The maximum atomic E-state index is 14.8. The SMILES string of the molecule is CCOC(=O)CC[C@H](NC(=O)c1ccc(CCCCCn2ccc3nc(N)[nH]c(=O)c32)cc1F)C(=O)OCC. The Kier molecular flexibility index (Phi) is 10.6. The van der Waals surface area contributed by atoms with Crippen LogP contribution in [0, 0.1) is 5.82 Å². The summed E-state index contributed by atoms with van der Waals surface area (Å²) in [6.45, 7) is 4.21. The number of anilines is 1. The molecule has 0 fully saturated rings. The molecule has 1 aromatic carbocycles. The minimum Gasteiger partial charge on any atom is -0.466 e. The number of hydrogen-bond acceptors (Lipinski definition) is 8. The second-order valence-corrected chi connectivity index (χ2v) is 8.94. The van der Waals surface area contributed by atoms with E-state index in [2.05, 4.69) is 15.3 Å². The Labute approximate surface area is 224 Å². The first-order valence-electron chi connectivity index (χ1n) is 13.0. The fourth-order valence-electron chi connectivity index (χ4n) is 4.23. The van der Waals surface area contributed by atoms with Gasteiger partial charge in [0, 0.05) is 19.2 Å². The number of nitrogen functional groups attached to an aromatic ring is 1. The molecule has 0 saturated heterocycles. The van der Waals surface area contributed by atoms with Crippen LogP contribution in [0.4, 0.5) is 10.3 Å². The lowest BCUT2D eigenvalue weighted by atomic mass is 10.0. The average molecular weight is 544 g/mol. The molecule has 3 aromatic rings. The third kappa shape index (κ3) is 8.13. The van der Waals surface area contributed by atoms with Gasteiger partial charge < -0.3 is 25.1 Å². The van der Waals surface area contributed by atoms with Crippen molar-refractivity contribution in [2.75, 3.05) is 18.9 Å². The number of nitrogens with zero attached hydrogens (tertiary/aromatic N) is 2. The number of benzene rings is 1. The standard InChI is InChI=1S/C27H34FN5O6/c1-3-38-22(34)12-11-21(26(37)39-4-2)30-24(35)18-10-9-17(16-19(18)28)8-6-5-7-14-33-15-13-20-23(33)25(36)32-27(29)31-20/h9-10,13,15-16,21H,3-8,11-12,14H2,1-2H3,(H,30,35)(H3,29,31,32,36)/t21-/m0/s1. The number of aromatic amines is 1. The summed E-state index contributed by atoms with van der Waals surface area (Å²) >= 11 is 0. The van der Waals surface area contributed by atoms with Crippen molar-refractivity contribution >= 4 is 34.8 Å². The molecule has 0 unspecified atom stereocenters. The van der Waals surface area contributed by atoms with Gasteiger partial charge in [0.2, 0.25) is 5.95 Å². The van der Waals surface area contributed by atoms with Crippen molar-refractivity contribution in [2.45, 2.75) is 65.0 Å². The zero-order valence-electron chi connectivity index (χ0n) is 22.1. The van der Waals surface area contributed by atoms with Crippen molar-refractivity contribution in [2.24, 2.45) is 0 Å². The molecule has 39 heavy (non-hydrogen) atoms. The van der Waals surface area contributed by atoms with Gasteiger partial charge in [-0.1, -0.05) is 12.5 Å². The summed E-state index contributed by atoms with van der Waals surface area (Å²) in [5.74, 6) is -2.61. The Morgan fingerprint density at radius 1 is 1.13 bits per heavy atom. The molecule has 2 heterocycles. The molecule has 11 nitrogen and oxygen atoms in total. The highest BCUT2D eigenvalue weighted by molar-refractivity contribution is 5.97. The molecular formula is C27H34FN5O6. The van der Waals surface area contributed by atoms with Gasteiger partial charge in [-0.05, 0) is 63.3 Å². The molecule has 1 amide bonds. The van der Waals surface area contributed by atoms with E-state index in [-0.39, 0.29) is 43.1 Å². The Morgan fingerprint density at radius 2 is 1.90 bits per heavy atom. The van der Waals surface area contributed by atoms with Crippen LogP contribution in [0.15, 0.2) is 35.3 Å². The quantitative estimate of drug-likeness (QED) is 0.207. The first kappa shape index (κ1) is 29.3. The number of amides is 1. The molecule has 0 radical (unpaired) electrons. The summed E-state index contributed by atoms with van der Waals surface area (Å²) < 4.78 is 26.5. The predicted octanol–water partition coefficient (Wildman–Crippen LogP) is 2.86. The molecule has 0 aliphatic heterocycles. The van der Waals surface area contributed by atoms with Crippen molar-refractivity contribution in [3.05, 3.63) is 57.8 Å². The second-order valence-electron chi connectivity index (χ2n) is 8.94. The van der Waals surface area contributed by atoms with Crippen molar-refractivity contribution in [1.29, 1.82) is 0 Å². The number of nitrogens with two attached hydrogens (primary N) is 1. The number of aryl methyl sites for hydroxylation is 2. The summed E-state index contributed by atoms with van der Waals surface area (Å²) in [4.78, 5) is 55.4. The van der Waals surface area contributed by atoms with Crippen LogP contribution in [0.2, 0.25) is 0 Å². The Morgan fingerprint density at radius 3 is 2.62 bits per heavy atom. The molecular weight excluding hydrogens is 509 g/mol. The molecule has 0 spiro atoms. The van der Waals surface area contributed by atoms with E-state index < -0.39 is 29.7 Å². The van der Waals surface area contributed by atoms with E-state index >= 15 is 0 Å². The third-order valence-electron chi connectivity index (χ3n) is 6.10. The maximum absolute atomic E-state index is 14.8. The van der Waals surface area contributed by atoms with Crippen molar-refractivity contribution in [3.8, 4) is 0 Å². The number of unbranched alkanes of at least 4 members (excludes halogenated alkanes) is 2. The van der Waals surface area contributed by atoms with Crippen molar-refractivity contribution in [1.82, 2.24) is 19.9 Å². The van der Waals surface area contributed by atoms with Crippen LogP contribution >= 0.6 is 0 Å². The lowest BCUT2D eigenvalue weighted by Crippen LogP contribution is -2.42. The number of H-pyrrole nitrogens is 1. The van der Waals surface area contributed by atoms with E-state index in [1.807, 2.05) is 4.57 Å². The van der Waals surface area contributed by atoms with E-state index in [0.717, 1.165) is 24.8 Å². The van der Waals surface area contributed by atoms with E-state index in [4.69, 9.17) is 15.2 Å². The molecule has 3 rings (SSSR count). The van der Waals surface area contributed by atoms with Gasteiger partial charge in [-0.2, -0.15) is 0 Å². The first-order chi connectivity index (χ1) is 18.7. The van der Waals surface area contributed by atoms with E-state index in [1.165, 1.54) is 12.1 Å². The van der Waals surface area contributed by atoms with Gasteiger partial charge in [-0.15, -0.1) is 0 Å². The zero-order chi connectivity index (χ0) is 28.4. The van der Waals surface area contributed by atoms with Crippen LogP contribution < -0.4 is 16.6 Å². The highest BCUT2D eigenvalue weighted by Crippen LogP contribution is 2.16.